The molecular weight excluding hydrogens is 388 g/mol. The fourth-order valence-corrected chi connectivity index (χ4v) is 4.23. The Balaban J connectivity index is 2.01. The van der Waals surface area contributed by atoms with E-state index in [1.165, 1.54) is 11.1 Å². The molecule has 0 spiro atoms. The summed E-state index contributed by atoms with van der Waals surface area (Å²) < 4.78 is 22.2. The zero-order chi connectivity index (χ0) is 22.4. The fourth-order valence-electron chi connectivity index (χ4n) is 4.23. The highest BCUT2D eigenvalue weighted by molar-refractivity contribution is 5.47. The predicted octanol–water partition coefficient (Wildman–Crippen LogP) is 6.10. The third-order valence-electron chi connectivity index (χ3n) is 5.86. The quantitative estimate of drug-likeness (QED) is 0.419. The van der Waals surface area contributed by atoms with Crippen molar-refractivity contribution in [1.29, 1.82) is 0 Å². The lowest BCUT2D eigenvalue weighted by Gasteiger charge is -2.22. The summed E-state index contributed by atoms with van der Waals surface area (Å²) in [5, 5.41) is 0. The molecule has 0 fully saturated rings. The van der Waals surface area contributed by atoms with E-state index in [0.29, 0.717) is 0 Å². The zero-order valence-corrected chi connectivity index (χ0v) is 19.3. The number of ether oxygens (including phenoxy) is 4. The molecule has 0 saturated heterocycles. The average Bonchev–Trinajstić information content (AvgIpc) is 2.79. The summed E-state index contributed by atoms with van der Waals surface area (Å²) in [6, 6.07) is 18.8. The van der Waals surface area contributed by atoms with Crippen LogP contribution in [0.5, 0.6) is 23.0 Å². The van der Waals surface area contributed by atoms with Gasteiger partial charge in [-0.05, 0) is 73.2 Å². The Morgan fingerprint density at radius 2 is 1.06 bits per heavy atom. The minimum atomic E-state index is 0.212. The third-order valence-corrected chi connectivity index (χ3v) is 5.86. The summed E-state index contributed by atoms with van der Waals surface area (Å²) in [7, 11) is 6.82. The summed E-state index contributed by atoms with van der Waals surface area (Å²) in [6.07, 6.45) is 1.74. The third kappa shape index (κ3) is 4.96. The number of benzene rings is 3. The van der Waals surface area contributed by atoms with Crippen LogP contribution in [0.15, 0.2) is 54.6 Å². The van der Waals surface area contributed by atoms with Gasteiger partial charge in [0.2, 0.25) is 0 Å². The summed E-state index contributed by atoms with van der Waals surface area (Å²) in [5.41, 5.74) is 5.87. The van der Waals surface area contributed by atoms with Gasteiger partial charge in [-0.2, -0.15) is 0 Å². The van der Waals surface area contributed by atoms with Crippen LogP contribution in [-0.2, 0) is 6.42 Å². The van der Waals surface area contributed by atoms with Gasteiger partial charge in [0.15, 0.2) is 0 Å². The molecule has 0 unspecified atom stereocenters. The summed E-state index contributed by atoms with van der Waals surface area (Å²) in [6.45, 7) is 4.17. The van der Waals surface area contributed by atoms with Gasteiger partial charge in [-0.3, -0.25) is 0 Å². The molecule has 0 N–H and O–H groups in total. The van der Waals surface area contributed by atoms with Crippen molar-refractivity contribution in [2.24, 2.45) is 0 Å². The Hall–Kier alpha value is -3.14. The number of aryl methyl sites for hydroxylation is 2. The summed E-state index contributed by atoms with van der Waals surface area (Å²) in [5.74, 6) is 3.73. The number of rotatable bonds is 9. The maximum absolute atomic E-state index is 5.62. The second-order valence-corrected chi connectivity index (χ2v) is 7.69. The van der Waals surface area contributed by atoms with Crippen LogP contribution in [0.1, 0.15) is 40.2 Å². The predicted molar refractivity (Wildman–Crippen MR) is 125 cm³/mol. The molecule has 3 aromatic rings. The van der Waals surface area contributed by atoms with Crippen molar-refractivity contribution in [1.82, 2.24) is 0 Å². The number of hydrogen-bond donors (Lipinski definition) is 0. The second-order valence-electron chi connectivity index (χ2n) is 7.69. The van der Waals surface area contributed by atoms with E-state index in [4.69, 9.17) is 18.9 Å². The first-order chi connectivity index (χ1) is 15.0. The van der Waals surface area contributed by atoms with E-state index in [0.717, 1.165) is 52.5 Å². The Kier molecular flexibility index (Phi) is 7.45. The molecule has 0 bridgehead atoms. The lowest BCUT2D eigenvalue weighted by molar-refractivity contribution is 0.384. The topological polar surface area (TPSA) is 36.9 Å². The molecule has 31 heavy (non-hydrogen) atoms. The molecule has 0 atom stereocenters. The Morgan fingerprint density at radius 3 is 1.45 bits per heavy atom. The average molecular weight is 421 g/mol. The monoisotopic (exact) mass is 420 g/mol. The maximum Gasteiger partial charge on any atom is 0.125 e. The van der Waals surface area contributed by atoms with Gasteiger partial charge in [-0.1, -0.05) is 30.3 Å². The van der Waals surface area contributed by atoms with Gasteiger partial charge in [0.05, 0.1) is 28.4 Å². The largest absolute Gasteiger partial charge is 0.496 e. The van der Waals surface area contributed by atoms with Gasteiger partial charge >= 0.3 is 0 Å². The Morgan fingerprint density at radius 1 is 0.613 bits per heavy atom. The van der Waals surface area contributed by atoms with Crippen molar-refractivity contribution in [2.45, 2.75) is 32.6 Å². The molecule has 0 aliphatic carbocycles. The van der Waals surface area contributed by atoms with Crippen molar-refractivity contribution in [3.63, 3.8) is 0 Å². The molecular formula is C27H32O4. The SMILES string of the molecule is COc1ccc(C(CCc2c(OC)cccc2OC)c2ccc(OC)c(C)c2)cc1C. The van der Waals surface area contributed by atoms with E-state index < -0.39 is 0 Å². The highest BCUT2D eigenvalue weighted by atomic mass is 16.5. The fraction of sp³-hybridized carbons (Fsp3) is 0.333. The minimum Gasteiger partial charge on any atom is -0.496 e. The second kappa shape index (κ2) is 10.3. The van der Waals surface area contributed by atoms with Crippen molar-refractivity contribution in [3.8, 4) is 23.0 Å². The molecule has 164 valence electrons. The van der Waals surface area contributed by atoms with Crippen molar-refractivity contribution >= 4 is 0 Å². The standard InChI is InChI=1S/C27H32O4/c1-18-16-20(10-14-24(18)28-3)22(21-11-15-25(29-4)19(2)17-21)12-13-23-26(30-5)8-7-9-27(23)31-6/h7-11,14-17,22H,12-13H2,1-6H3. The van der Waals surface area contributed by atoms with Crippen LogP contribution in [-0.4, -0.2) is 28.4 Å². The van der Waals surface area contributed by atoms with E-state index in [-0.39, 0.29) is 5.92 Å². The first-order valence-electron chi connectivity index (χ1n) is 10.5. The van der Waals surface area contributed by atoms with Gasteiger partial charge < -0.3 is 18.9 Å². The first kappa shape index (κ1) is 22.5. The van der Waals surface area contributed by atoms with Crippen LogP contribution in [0, 0.1) is 13.8 Å². The van der Waals surface area contributed by atoms with E-state index in [9.17, 15) is 0 Å². The van der Waals surface area contributed by atoms with Gasteiger partial charge in [0.1, 0.15) is 23.0 Å². The van der Waals surface area contributed by atoms with E-state index in [1.807, 2.05) is 18.2 Å². The van der Waals surface area contributed by atoms with Crippen LogP contribution in [0.2, 0.25) is 0 Å². The van der Waals surface area contributed by atoms with Crippen LogP contribution < -0.4 is 18.9 Å². The molecule has 0 heterocycles. The Labute approximate surface area is 185 Å². The molecule has 3 aromatic carbocycles. The molecule has 0 aliphatic heterocycles. The van der Waals surface area contributed by atoms with Crippen LogP contribution in [0.3, 0.4) is 0 Å². The number of hydrogen-bond acceptors (Lipinski definition) is 4. The normalized spacial score (nSPS) is 10.8. The van der Waals surface area contributed by atoms with E-state index in [2.05, 4.69) is 50.2 Å². The number of methoxy groups -OCH3 is 4. The van der Waals surface area contributed by atoms with Crippen molar-refractivity contribution in [3.05, 3.63) is 82.4 Å². The molecule has 0 aliphatic rings. The summed E-state index contributed by atoms with van der Waals surface area (Å²) in [4.78, 5) is 0. The van der Waals surface area contributed by atoms with E-state index >= 15 is 0 Å². The molecule has 0 radical (unpaired) electrons. The lowest BCUT2D eigenvalue weighted by atomic mass is 9.84. The van der Waals surface area contributed by atoms with Gasteiger partial charge in [-0.15, -0.1) is 0 Å². The molecule has 3 rings (SSSR count). The van der Waals surface area contributed by atoms with Crippen LogP contribution in [0.25, 0.3) is 0 Å². The van der Waals surface area contributed by atoms with Gasteiger partial charge in [0.25, 0.3) is 0 Å². The first-order valence-corrected chi connectivity index (χ1v) is 10.5. The van der Waals surface area contributed by atoms with Crippen LogP contribution >= 0.6 is 0 Å². The molecule has 0 aromatic heterocycles. The highest BCUT2D eigenvalue weighted by Crippen LogP contribution is 2.37. The minimum absolute atomic E-state index is 0.212. The molecule has 0 saturated carbocycles. The van der Waals surface area contributed by atoms with Crippen molar-refractivity contribution < 1.29 is 18.9 Å². The zero-order valence-electron chi connectivity index (χ0n) is 19.3. The maximum atomic E-state index is 5.62. The lowest BCUT2D eigenvalue weighted by Crippen LogP contribution is -2.06. The molecule has 4 heteroatoms. The van der Waals surface area contributed by atoms with E-state index in [1.54, 1.807) is 28.4 Å². The molecule has 0 amide bonds. The van der Waals surface area contributed by atoms with Crippen LogP contribution in [0.4, 0.5) is 0 Å². The summed E-state index contributed by atoms with van der Waals surface area (Å²) >= 11 is 0. The molecule has 4 nitrogen and oxygen atoms in total. The highest BCUT2D eigenvalue weighted by Gasteiger charge is 2.19. The van der Waals surface area contributed by atoms with Crippen molar-refractivity contribution in [2.75, 3.05) is 28.4 Å². The Bertz CT molecular complexity index is 950. The smallest absolute Gasteiger partial charge is 0.125 e. The van der Waals surface area contributed by atoms with Gasteiger partial charge in [-0.25, -0.2) is 0 Å². The van der Waals surface area contributed by atoms with Gasteiger partial charge in [0, 0.05) is 11.5 Å².